The largest absolute Gasteiger partial charge is 0.363 e. The third-order valence-electron chi connectivity index (χ3n) is 1.52. The van der Waals surface area contributed by atoms with Gasteiger partial charge in [0, 0.05) is 6.61 Å². The molecule has 0 radical (unpaired) electrons. The van der Waals surface area contributed by atoms with Crippen molar-refractivity contribution in [3.63, 3.8) is 0 Å². The van der Waals surface area contributed by atoms with Crippen molar-refractivity contribution in [3.05, 3.63) is 0 Å². The summed E-state index contributed by atoms with van der Waals surface area (Å²) >= 11 is 0. The summed E-state index contributed by atoms with van der Waals surface area (Å²) in [5.41, 5.74) is -0.236. The third kappa shape index (κ3) is 0.850. The van der Waals surface area contributed by atoms with Crippen molar-refractivity contribution in [3.8, 4) is 12.3 Å². The average Bonchev–Trinajstić information content (AvgIpc) is 2.17. The van der Waals surface area contributed by atoms with Gasteiger partial charge in [-0.25, -0.2) is 0 Å². The molecule has 1 saturated heterocycles. The second kappa shape index (κ2) is 1.80. The molecule has 1 fully saturated rings. The second-order valence-corrected chi connectivity index (χ2v) is 2.33. The molecule has 0 spiro atoms. The monoisotopic (exact) mass is 110 g/mol. The van der Waals surface area contributed by atoms with Crippen LogP contribution in [-0.4, -0.2) is 12.2 Å². The minimum Gasteiger partial charge on any atom is -0.363 e. The highest BCUT2D eigenvalue weighted by Gasteiger charge is 2.26. The van der Waals surface area contributed by atoms with Crippen molar-refractivity contribution < 1.29 is 4.74 Å². The van der Waals surface area contributed by atoms with E-state index in [1.807, 2.05) is 6.92 Å². The van der Waals surface area contributed by atoms with Crippen LogP contribution in [-0.2, 0) is 4.74 Å². The highest BCUT2D eigenvalue weighted by molar-refractivity contribution is 5.07. The Bertz CT molecular complexity index is 115. The molecular formula is C7H10O. The van der Waals surface area contributed by atoms with E-state index in [9.17, 15) is 0 Å². The smallest absolute Gasteiger partial charge is 0.125 e. The van der Waals surface area contributed by atoms with Gasteiger partial charge in [-0.05, 0) is 19.8 Å². The summed E-state index contributed by atoms with van der Waals surface area (Å²) in [5.74, 6) is 2.62. The molecular weight excluding hydrogens is 100 g/mol. The van der Waals surface area contributed by atoms with Gasteiger partial charge in [-0.15, -0.1) is 6.42 Å². The molecule has 1 unspecified atom stereocenters. The molecule has 0 amide bonds. The van der Waals surface area contributed by atoms with E-state index >= 15 is 0 Å². The Balaban J connectivity index is 2.56. The van der Waals surface area contributed by atoms with Crippen LogP contribution in [0.15, 0.2) is 0 Å². The molecule has 0 bridgehead atoms. The predicted molar refractivity (Wildman–Crippen MR) is 32.4 cm³/mol. The first-order chi connectivity index (χ1) is 3.77. The molecule has 0 aromatic carbocycles. The highest BCUT2D eigenvalue weighted by Crippen LogP contribution is 2.23. The first-order valence-corrected chi connectivity index (χ1v) is 2.89. The quantitative estimate of drug-likeness (QED) is 0.425. The zero-order valence-corrected chi connectivity index (χ0v) is 5.11. The predicted octanol–water partition coefficient (Wildman–Crippen LogP) is 1.19. The van der Waals surface area contributed by atoms with E-state index in [0.29, 0.717) is 0 Å². The van der Waals surface area contributed by atoms with E-state index in [2.05, 4.69) is 5.92 Å². The van der Waals surface area contributed by atoms with Crippen molar-refractivity contribution >= 4 is 0 Å². The van der Waals surface area contributed by atoms with Gasteiger partial charge < -0.3 is 4.74 Å². The number of ether oxygens (including phenoxy) is 1. The summed E-state index contributed by atoms with van der Waals surface area (Å²) in [6.07, 6.45) is 7.32. The van der Waals surface area contributed by atoms with Gasteiger partial charge in [-0.3, -0.25) is 0 Å². The Morgan fingerprint density at radius 2 is 2.50 bits per heavy atom. The SMILES string of the molecule is C#CC1(C)CCCO1. The lowest BCUT2D eigenvalue weighted by atomic mass is 10.1. The van der Waals surface area contributed by atoms with Gasteiger partial charge in [0.2, 0.25) is 0 Å². The molecule has 8 heavy (non-hydrogen) atoms. The van der Waals surface area contributed by atoms with Gasteiger partial charge in [0.25, 0.3) is 0 Å². The normalized spacial score (nSPS) is 37.0. The fraction of sp³-hybridized carbons (Fsp3) is 0.714. The lowest BCUT2D eigenvalue weighted by Gasteiger charge is -2.13. The van der Waals surface area contributed by atoms with Crippen molar-refractivity contribution in [1.82, 2.24) is 0 Å². The van der Waals surface area contributed by atoms with Crippen LogP contribution in [0.2, 0.25) is 0 Å². The van der Waals surface area contributed by atoms with E-state index < -0.39 is 0 Å². The molecule has 0 aliphatic carbocycles. The summed E-state index contributed by atoms with van der Waals surface area (Å²) in [6.45, 7) is 2.79. The summed E-state index contributed by atoms with van der Waals surface area (Å²) in [7, 11) is 0. The molecule has 1 nitrogen and oxygen atoms in total. The highest BCUT2D eigenvalue weighted by atomic mass is 16.5. The number of hydrogen-bond donors (Lipinski definition) is 0. The Morgan fingerprint density at radius 3 is 2.75 bits per heavy atom. The van der Waals surface area contributed by atoms with E-state index in [0.717, 1.165) is 19.4 Å². The number of rotatable bonds is 0. The molecule has 44 valence electrons. The van der Waals surface area contributed by atoms with Crippen LogP contribution in [0, 0.1) is 12.3 Å². The molecule has 0 aromatic rings. The zero-order valence-electron chi connectivity index (χ0n) is 5.11. The molecule has 0 N–H and O–H groups in total. The Morgan fingerprint density at radius 1 is 1.75 bits per heavy atom. The molecule has 1 aliphatic heterocycles. The fourth-order valence-electron chi connectivity index (χ4n) is 0.893. The molecule has 1 heteroatoms. The van der Waals surface area contributed by atoms with Crippen LogP contribution in [0.4, 0.5) is 0 Å². The minimum absolute atomic E-state index is 0.236. The molecule has 0 aromatic heterocycles. The summed E-state index contributed by atoms with van der Waals surface area (Å²) in [4.78, 5) is 0. The maximum absolute atomic E-state index is 5.25. The van der Waals surface area contributed by atoms with Crippen LogP contribution in [0.25, 0.3) is 0 Å². The summed E-state index contributed by atoms with van der Waals surface area (Å²) in [6, 6.07) is 0. The molecule has 1 aliphatic rings. The standard InChI is InChI=1S/C7H10O/c1-3-7(2)5-4-6-8-7/h1H,4-6H2,2H3. The van der Waals surface area contributed by atoms with Gasteiger partial charge in [-0.2, -0.15) is 0 Å². The van der Waals surface area contributed by atoms with Crippen molar-refractivity contribution in [2.75, 3.05) is 6.61 Å². The first-order valence-electron chi connectivity index (χ1n) is 2.89. The zero-order chi connectivity index (χ0) is 6.04. The van der Waals surface area contributed by atoms with Crippen LogP contribution in [0.3, 0.4) is 0 Å². The van der Waals surface area contributed by atoms with Crippen molar-refractivity contribution in [1.29, 1.82) is 0 Å². The lowest BCUT2D eigenvalue weighted by Crippen LogP contribution is -2.18. The van der Waals surface area contributed by atoms with E-state index in [-0.39, 0.29) is 5.60 Å². The van der Waals surface area contributed by atoms with Crippen LogP contribution >= 0.6 is 0 Å². The van der Waals surface area contributed by atoms with E-state index in [1.54, 1.807) is 0 Å². The molecule has 1 atom stereocenters. The van der Waals surface area contributed by atoms with E-state index in [1.165, 1.54) is 0 Å². The van der Waals surface area contributed by atoms with Crippen LogP contribution in [0.1, 0.15) is 19.8 Å². The molecule has 1 rings (SSSR count). The maximum Gasteiger partial charge on any atom is 0.125 e. The Hall–Kier alpha value is -0.480. The second-order valence-electron chi connectivity index (χ2n) is 2.33. The Kier molecular flexibility index (Phi) is 1.27. The van der Waals surface area contributed by atoms with Crippen LogP contribution in [0.5, 0.6) is 0 Å². The molecule has 1 heterocycles. The first kappa shape index (κ1) is 5.65. The van der Waals surface area contributed by atoms with Gasteiger partial charge in [0.15, 0.2) is 0 Å². The van der Waals surface area contributed by atoms with Gasteiger partial charge in [0.05, 0.1) is 0 Å². The summed E-state index contributed by atoms with van der Waals surface area (Å²) in [5, 5.41) is 0. The van der Waals surface area contributed by atoms with Gasteiger partial charge in [0.1, 0.15) is 5.60 Å². The lowest BCUT2D eigenvalue weighted by molar-refractivity contribution is 0.0696. The topological polar surface area (TPSA) is 9.23 Å². The van der Waals surface area contributed by atoms with Crippen LogP contribution < -0.4 is 0 Å². The fourth-order valence-corrected chi connectivity index (χ4v) is 0.893. The van der Waals surface area contributed by atoms with Crippen molar-refractivity contribution in [2.24, 2.45) is 0 Å². The van der Waals surface area contributed by atoms with E-state index in [4.69, 9.17) is 11.2 Å². The van der Waals surface area contributed by atoms with Gasteiger partial charge in [-0.1, -0.05) is 5.92 Å². The molecule has 0 saturated carbocycles. The maximum atomic E-state index is 5.25. The Labute approximate surface area is 50.0 Å². The number of terminal acetylenes is 1. The average molecular weight is 110 g/mol. The van der Waals surface area contributed by atoms with Gasteiger partial charge >= 0.3 is 0 Å². The number of hydrogen-bond acceptors (Lipinski definition) is 1. The minimum atomic E-state index is -0.236. The third-order valence-corrected chi connectivity index (χ3v) is 1.52. The van der Waals surface area contributed by atoms with Crippen molar-refractivity contribution in [2.45, 2.75) is 25.4 Å². The summed E-state index contributed by atoms with van der Waals surface area (Å²) < 4.78 is 5.25.